The Morgan fingerprint density at radius 3 is 2.34 bits per heavy atom. The lowest BCUT2D eigenvalue weighted by Gasteiger charge is -2.11. The molecular formula is C22H22N8O2. The van der Waals surface area contributed by atoms with Crippen LogP contribution in [-0.2, 0) is 11.3 Å². The summed E-state index contributed by atoms with van der Waals surface area (Å²) in [7, 11) is 1.63. The number of hydrogen-bond donors (Lipinski definition) is 3. The summed E-state index contributed by atoms with van der Waals surface area (Å²) in [6.45, 7) is 2.00. The van der Waals surface area contributed by atoms with Crippen molar-refractivity contribution < 1.29 is 9.53 Å². The van der Waals surface area contributed by atoms with Crippen LogP contribution in [-0.4, -0.2) is 37.7 Å². The van der Waals surface area contributed by atoms with Crippen molar-refractivity contribution in [3.05, 3.63) is 72.9 Å². The minimum Gasteiger partial charge on any atom is -0.497 e. The third kappa shape index (κ3) is 5.57. The Morgan fingerprint density at radius 1 is 0.969 bits per heavy atom. The number of carbonyl (C=O) groups is 1. The highest BCUT2D eigenvalue weighted by Crippen LogP contribution is 2.22. The van der Waals surface area contributed by atoms with Crippen LogP contribution in [0.4, 0.5) is 28.8 Å². The summed E-state index contributed by atoms with van der Waals surface area (Å²) in [6, 6.07) is 16.7. The van der Waals surface area contributed by atoms with Gasteiger partial charge in [0.2, 0.25) is 11.9 Å². The van der Waals surface area contributed by atoms with Crippen LogP contribution >= 0.6 is 0 Å². The molecule has 0 unspecified atom stereocenters. The monoisotopic (exact) mass is 430 g/mol. The first kappa shape index (κ1) is 20.8. The summed E-state index contributed by atoms with van der Waals surface area (Å²) in [6.07, 6.45) is 2.88. The first-order valence-electron chi connectivity index (χ1n) is 9.83. The lowest BCUT2D eigenvalue weighted by molar-refractivity contribution is -0.116. The topological polar surface area (TPSA) is 119 Å². The highest BCUT2D eigenvalue weighted by atomic mass is 16.5. The van der Waals surface area contributed by atoms with Crippen LogP contribution in [0.3, 0.4) is 0 Å². The van der Waals surface area contributed by atoms with Crippen molar-refractivity contribution in [3.8, 4) is 5.75 Å². The van der Waals surface area contributed by atoms with Crippen LogP contribution < -0.4 is 20.7 Å². The van der Waals surface area contributed by atoms with Crippen LogP contribution in [0.5, 0.6) is 5.75 Å². The maximum Gasteiger partial charge on any atom is 0.246 e. The fourth-order valence-electron chi connectivity index (χ4n) is 2.94. The second kappa shape index (κ2) is 9.56. The number of ether oxygens (including phenoxy) is 1. The molecule has 0 aliphatic heterocycles. The van der Waals surface area contributed by atoms with Crippen molar-refractivity contribution in [3.63, 3.8) is 0 Å². The van der Waals surface area contributed by atoms with Crippen molar-refractivity contribution in [2.24, 2.45) is 0 Å². The number of anilines is 5. The van der Waals surface area contributed by atoms with E-state index in [0.717, 1.165) is 22.8 Å². The van der Waals surface area contributed by atoms with E-state index in [0.29, 0.717) is 17.5 Å². The van der Waals surface area contributed by atoms with Gasteiger partial charge in [0.1, 0.15) is 30.8 Å². The normalized spacial score (nSPS) is 10.4. The molecule has 4 rings (SSSR count). The van der Waals surface area contributed by atoms with E-state index in [4.69, 9.17) is 4.74 Å². The van der Waals surface area contributed by atoms with E-state index in [2.05, 4.69) is 36.0 Å². The number of benzene rings is 2. The maximum absolute atomic E-state index is 12.1. The van der Waals surface area contributed by atoms with Crippen molar-refractivity contribution >= 4 is 34.7 Å². The molecule has 4 aromatic rings. The number of aryl methyl sites for hydroxylation is 1. The second-order valence-corrected chi connectivity index (χ2v) is 6.92. The van der Waals surface area contributed by atoms with E-state index < -0.39 is 0 Å². The molecule has 0 fully saturated rings. The summed E-state index contributed by atoms with van der Waals surface area (Å²) in [5.41, 5.74) is 3.17. The molecule has 2 aromatic heterocycles. The average Bonchev–Trinajstić information content (AvgIpc) is 3.28. The quantitative estimate of drug-likeness (QED) is 0.389. The minimum atomic E-state index is -0.188. The number of amides is 1. The molecule has 0 saturated heterocycles. The Morgan fingerprint density at radius 2 is 1.66 bits per heavy atom. The Balaban J connectivity index is 1.39. The smallest absolute Gasteiger partial charge is 0.246 e. The molecule has 0 aliphatic rings. The van der Waals surface area contributed by atoms with Gasteiger partial charge in [0.15, 0.2) is 0 Å². The molecule has 0 saturated carbocycles. The summed E-state index contributed by atoms with van der Waals surface area (Å²) in [5.74, 6) is 1.73. The molecule has 1 amide bonds. The third-order valence-corrected chi connectivity index (χ3v) is 4.41. The van der Waals surface area contributed by atoms with Crippen LogP contribution in [0, 0.1) is 6.92 Å². The molecule has 3 N–H and O–H groups in total. The van der Waals surface area contributed by atoms with Gasteiger partial charge in [-0.1, -0.05) is 0 Å². The second-order valence-electron chi connectivity index (χ2n) is 6.92. The lowest BCUT2D eigenvalue weighted by atomic mass is 10.2. The van der Waals surface area contributed by atoms with Gasteiger partial charge in [0, 0.05) is 28.8 Å². The van der Waals surface area contributed by atoms with Gasteiger partial charge in [-0.25, -0.2) is 14.6 Å². The van der Waals surface area contributed by atoms with Crippen LogP contribution in [0.25, 0.3) is 0 Å². The Labute approximate surface area is 184 Å². The number of nitrogens with zero attached hydrogens (tertiary/aromatic N) is 5. The lowest BCUT2D eigenvalue weighted by Crippen LogP contribution is -2.18. The number of carbonyl (C=O) groups excluding carboxylic acids is 1. The van der Waals surface area contributed by atoms with E-state index in [9.17, 15) is 4.79 Å². The fourth-order valence-corrected chi connectivity index (χ4v) is 2.94. The highest BCUT2D eigenvalue weighted by molar-refractivity contribution is 5.90. The summed E-state index contributed by atoms with van der Waals surface area (Å²) in [4.78, 5) is 24.9. The van der Waals surface area contributed by atoms with Gasteiger partial charge in [-0.2, -0.15) is 10.1 Å². The van der Waals surface area contributed by atoms with Crippen LogP contribution in [0.1, 0.15) is 5.69 Å². The van der Waals surface area contributed by atoms with Gasteiger partial charge in [-0.15, -0.1) is 0 Å². The fraction of sp³-hybridized carbons (Fsp3) is 0.136. The Kier molecular flexibility index (Phi) is 6.21. The van der Waals surface area contributed by atoms with Gasteiger partial charge in [0.25, 0.3) is 0 Å². The minimum absolute atomic E-state index is 0.0983. The molecule has 162 valence electrons. The summed E-state index contributed by atoms with van der Waals surface area (Å²) in [5, 5.41) is 13.2. The van der Waals surface area contributed by atoms with Gasteiger partial charge >= 0.3 is 0 Å². The zero-order valence-corrected chi connectivity index (χ0v) is 17.6. The predicted molar refractivity (Wildman–Crippen MR) is 121 cm³/mol. The molecule has 0 bridgehead atoms. The molecule has 32 heavy (non-hydrogen) atoms. The van der Waals surface area contributed by atoms with Gasteiger partial charge in [-0.05, 0) is 55.5 Å². The first-order chi connectivity index (χ1) is 15.6. The molecule has 0 radical (unpaired) electrons. The number of nitrogens with one attached hydrogen (secondary N) is 3. The van der Waals surface area contributed by atoms with Crippen molar-refractivity contribution in [2.45, 2.75) is 13.5 Å². The highest BCUT2D eigenvalue weighted by Gasteiger charge is 2.06. The van der Waals surface area contributed by atoms with Gasteiger partial charge < -0.3 is 20.7 Å². The summed E-state index contributed by atoms with van der Waals surface area (Å²) < 4.78 is 6.64. The van der Waals surface area contributed by atoms with E-state index in [1.54, 1.807) is 19.2 Å². The summed E-state index contributed by atoms with van der Waals surface area (Å²) >= 11 is 0. The van der Waals surface area contributed by atoms with Crippen molar-refractivity contribution in [1.29, 1.82) is 0 Å². The SMILES string of the molecule is COc1ccc(Nc2cc(C)nc(Nc3ccc(NC(=O)Cn4cncn4)cc3)n2)cc1. The molecule has 2 aromatic carbocycles. The van der Waals surface area contributed by atoms with Gasteiger partial charge in [-0.3, -0.25) is 4.79 Å². The molecule has 10 nitrogen and oxygen atoms in total. The zero-order chi connectivity index (χ0) is 22.3. The number of hydrogen-bond acceptors (Lipinski definition) is 8. The third-order valence-electron chi connectivity index (χ3n) is 4.41. The maximum atomic E-state index is 12.1. The number of rotatable bonds is 8. The zero-order valence-electron chi connectivity index (χ0n) is 17.6. The van der Waals surface area contributed by atoms with E-state index in [-0.39, 0.29) is 12.5 Å². The number of aromatic nitrogens is 5. The molecule has 0 aliphatic carbocycles. The molecule has 2 heterocycles. The molecular weight excluding hydrogens is 408 g/mol. The standard InChI is InChI=1S/C22H22N8O2/c1-15-11-20(26-16-7-9-19(32-2)10-8-16)29-22(25-15)28-18-5-3-17(4-6-18)27-21(31)12-30-14-23-13-24-30/h3-11,13-14H,12H2,1-2H3,(H,27,31)(H2,25,26,28,29). The molecule has 0 atom stereocenters. The van der Waals surface area contributed by atoms with Crippen LogP contribution in [0.15, 0.2) is 67.3 Å². The van der Waals surface area contributed by atoms with E-state index in [1.165, 1.54) is 17.3 Å². The van der Waals surface area contributed by atoms with E-state index >= 15 is 0 Å². The van der Waals surface area contributed by atoms with Crippen molar-refractivity contribution in [1.82, 2.24) is 24.7 Å². The van der Waals surface area contributed by atoms with Gasteiger partial charge in [0.05, 0.1) is 7.11 Å². The Hall–Kier alpha value is -4.47. The molecule has 0 spiro atoms. The van der Waals surface area contributed by atoms with Crippen LogP contribution in [0.2, 0.25) is 0 Å². The van der Waals surface area contributed by atoms with E-state index in [1.807, 2.05) is 49.4 Å². The van der Waals surface area contributed by atoms with Crippen molar-refractivity contribution in [2.75, 3.05) is 23.1 Å². The first-order valence-corrected chi connectivity index (χ1v) is 9.83. The average molecular weight is 430 g/mol. The molecule has 10 heteroatoms. The largest absolute Gasteiger partial charge is 0.497 e. The number of methoxy groups -OCH3 is 1. The Bertz CT molecular complexity index is 1180. The predicted octanol–water partition coefficient (Wildman–Crippen LogP) is 3.51.